The number of ether oxygens (including phenoxy) is 3. The lowest BCUT2D eigenvalue weighted by atomic mass is 10.0. The monoisotopic (exact) mass is 630 g/mol. The number of carbonyl (C=O) groups excluding carboxylic acids is 2. The highest BCUT2D eigenvalue weighted by molar-refractivity contribution is 6.41. The molecule has 2 aliphatic rings. The number of halogens is 2. The Morgan fingerprint density at radius 1 is 1.16 bits per heavy atom. The first-order valence-corrected chi connectivity index (χ1v) is 14.4. The average molecular weight is 632 g/mol. The molecule has 0 aliphatic carbocycles. The number of hydrogen-bond donors (Lipinski definition) is 2. The summed E-state index contributed by atoms with van der Waals surface area (Å²) in [5.74, 6) is 0.539. The minimum atomic E-state index is -0.377. The summed E-state index contributed by atoms with van der Waals surface area (Å²) < 4.78 is 18.0. The average Bonchev–Trinajstić information content (AvgIpc) is 3.65. The van der Waals surface area contributed by atoms with Crippen LogP contribution in [0.1, 0.15) is 13.3 Å². The van der Waals surface area contributed by atoms with E-state index in [0.29, 0.717) is 55.4 Å². The van der Waals surface area contributed by atoms with Crippen LogP contribution in [0.15, 0.2) is 35.8 Å². The van der Waals surface area contributed by atoms with Gasteiger partial charge in [0.15, 0.2) is 0 Å². The lowest BCUT2D eigenvalue weighted by Crippen LogP contribution is -2.45. The number of amides is 2. The molecule has 12 nitrogen and oxygen atoms in total. The summed E-state index contributed by atoms with van der Waals surface area (Å²) in [7, 11) is 2.92. The number of rotatable bonds is 9. The van der Waals surface area contributed by atoms with E-state index in [-0.39, 0.29) is 62.5 Å². The van der Waals surface area contributed by atoms with Crippen LogP contribution in [0, 0.1) is 5.92 Å². The fraction of sp³-hybridized carbons (Fsp3) is 0.414. The van der Waals surface area contributed by atoms with Crippen molar-refractivity contribution >= 4 is 52.0 Å². The third-order valence-electron chi connectivity index (χ3n) is 7.75. The fourth-order valence-electron chi connectivity index (χ4n) is 5.47. The van der Waals surface area contributed by atoms with E-state index in [2.05, 4.69) is 22.2 Å². The summed E-state index contributed by atoms with van der Waals surface area (Å²) in [6, 6.07) is 2.58. The van der Waals surface area contributed by atoms with Gasteiger partial charge in [-0.2, -0.15) is 4.98 Å². The Morgan fingerprint density at radius 3 is 2.49 bits per heavy atom. The van der Waals surface area contributed by atoms with Gasteiger partial charge < -0.3 is 29.7 Å². The number of pyridine rings is 1. The van der Waals surface area contributed by atoms with Crippen molar-refractivity contribution in [1.29, 1.82) is 0 Å². The van der Waals surface area contributed by atoms with Crippen molar-refractivity contribution in [3.8, 4) is 22.6 Å². The quantitative estimate of drug-likeness (QED) is 0.342. The minimum absolute atomic E-state index is 0.0128. The van der Waals surface area contributed by atoms with E-state index in [9.17, 15) is 14.4 Å². The summed E-state index contributed by atoms with van der Waals surface area (Å²) in [5.41, 5.74) is 0.503. The molecule has 228 valence electrons. The van der Waals surface area contributed by atoms with Gasteiger partial charge in [0.1, 0.15) is 17.1 Å². The fourth-order valence-corrected chi connectivity index (χ4v) is 6.18. The van der Waals surface area contributed by atoms with Crippen LogP contribution in [-0.2, 0) is 20.9 Å². The Labute approximate surface area is 257 Å². The lowest BCUT2D eigenvalue weighted by Gasteiger charge is -2.21. The van der Waals surface area contributed by atoms with E-state index in [4.69, 9.17) is 42.4 Å². The van der Waals surface area contributed by atoms with E-state index in [1.54, 1.807) is 27.8 Å². The van der Waals surface area contributed by atoms with Crippen LogP contribution < -0.4 is 25.7 Å². The van der Waals surface area contributed by atoms with Gasteiger partial charge in [0, 0.05) is 49.8 Å². The topological polar surface area (TPSA) is 137 Å². The SMILES string of the molecule is C=CC(=O)N[C@H]1COC[C@H]1Nc1ncc2cc(-c3c(Cl)c(OC)cc(OC)c3Cl)c(=O)n(C[C@H]3CCN(C(C)=O)C3)c2n1. The van der Waals surface area contributed by atoms with Gasteiger partial charge in [-0.05, 0) is 24.5 Å². The lowest BCUT2D eigenvalue weighted by molar-refractivity contribution is -0.128. The molecule has 0 unspecified atom stereocenters. The standard InChI is InChI=1S/C29H32Cl2N6O6/c1-5-23(39)33-19-13-43-14-20(19)34-29-32-10-17-8-18(24-25(30)21(41-3)9-22(42-4)26(24)31)28(40)37(27(17)35-29)12-16-6-7-36(11-16)15(2)38/h5,8-10,16,19-20H,1,6-7,11-14H2,2-4H3,(H,33,39)(H,32,34,35)/t16-,19-,20+/m0/s1. The molecule has 2 aromatic heterocycles. The molecule has 0 radical (unpaired) electrons. The number of nitrogens with zero attached hydrogens (tertiary/aromatic N) is 4. The third-order valence-corrected chi connectivity index (χ3v) is 8.50. The van der Waals surface area contributed by atoms with Crippen LogP contribution in [0.2, 0.25) is 10.0 Å². The van der Waals surface area contributed by atoms with Gasteiger partial charge in [-0.1, -0.05) is 29.8 Å². The number of fused-ring (bicyclic) bond motifs is 1. The number of nitrogens with one attached hydrogen (secondary N) is 2. The van der Waals surface area contributed by atoms with E-state index >= 15 is 0 Å². The summed E-state index contributed by atoms with van der Waals surface area (Å²) in [5, 5.41) is 6.95. The van der Waals surface area contributed by atoms with Crippen LogP contribution in [0.5, 0.6) is 11.5 Å². The molecular weight excluding hydrogens is 599 g/mol. The highest BCUT2D eigenvalue weighted by Crippen LogP contribution is 2.45. The Bertz CT molecular complexity index is 1620. The number of methoxy groups -OCH3 is 2. The maximum Gasteiger partial charge on any atom is 0.260 e. The number of hydrogen-bond acceptors (Lipinski definition) is 9. The summed E-state index contributed by atoms with van der Waals surface area (Å²) >= 11 is 13.4. The van der Waals surface area contributed by atoms with E-state index < -0.39 is 0 Å². The molecule has 1 aromatic carbocycles. The van der Waals surface area contributed by atoms with E-state index in [0.717, 1.165) is 6.42 Å². The molecule has 2 N–H and O–H groups in total. The van der Waals surface area contributed by atoms with Crippen LogP contribution >= 0.6 is 23.2 Å². The van der Waals surface area contributed by atoms with Crippen molar-refractivity contribution in [1.82, 2.24) is 24.8 Å². The first kappa shape index (κ1) is 30.6. The van der Waals surface area contributed by atoms with E-state index in [1.165, 1.54) is 27.2 Å². The maximum absolute atomic E-state index is 14.3. The van der Waals surface area contributed by atoms with Crippen molar-refractivity contribution in [2.24, 2.45) is 5.92 Å². The van der Waals surface area contributed by atoms with Crippen LogP contribution in [0.3, 0.4) is 0 Å². The Kier molecular flexibility index (Phi) is 9.09. The predicted molar refractivity (Wildman–Crippen MR) is 163 cm³/mol. The number of aromatic nitrogens is 3. The molecule has 0 spiro atoms. The Morgan fingerprint density at radius 2 is 1.86 bits per heavy atom. The zero-order chi connectivity index (χ0) is 30.8. The molecule has 0 saturated carbocycles. The summed E-state index contributed by atoms with van der Waals surface area (Å²) in [6.07, 6.45) is 3.53. The number of anilines is 1. The molecule has 3 atom stereocenters. The normalized spacial score (nSPS) is 19.8. The molecule has 2 aliphatic heterocycles. The van der Waals surface area contributed by atoms with Crippen LogP contribution in [0.25, 0.3) is 22.2 Å². The molecule has 0 bridgehead atoms. The second-order valence-corrected chi connectivity index (χ2v) is 11.2. The molecule has 14 heteroatoms. The molecule has 5 rings (SSSR count). The molecule has 3 aromatic rings. The zero-order valence-electron chi connectivity index (χ0n) is 24.0. The predicted octanol–water partition coefficient (Wildman–Crippen LogP) is 3.13. The smallest absolute Gasteiger partial charge is 0.260 e. The van der Waals surface area contributed by atoms with Crippen molar-refractivity contribution in [2.45, 2.75) is 32.0 Å². The highest BCUT2D eigenvalue weighted by Gasteiger charge is 2.31. The first-order valence-electron chi connectivity index (χ1n) is 13.7. The largest absolute Gasteiger partial charge is 0.495 e. The maximum atomic E-state index is 14.3. The van der Waals surface area contributed by atoms with Crippen molar-refractivity contribution < 1.29 is 23.8 Å². The van der Waals surface area contributed by atoms with Crippen molar-refractivity contribution in [2.75, 3.05) is 45.8 Å². The molecule has 2 amide bonds. The second-order valence-electron chi connectivity index (χ2n) is 10.5. The van der Waals surface area contributed by atoms with E-state index in [1.807, 2.05) is 0 Å². The minimum Gasteiger partial charge on any atom is -0.495 e. The van der Waals surface area contributed by atoms with Gasteiger partial charge in [-0.25, -0.2) is 4.98 Å². The molecule has 2 saturated heterocycles. The van der Waals surface area contributed by atoms with Gasteiger partial charge >= 0.3 is 0 Å². The molecular formula is C29H32Cl2N6O6. The van der Waals surface area contributed by atoms with Gasteiger partial charge in [0.2, 0.25) is 17.8 Å². The number of carbonyl (C=O) groups is 2. The Balaban J connectivity index is 1.62. The third kappa shape index (κ3) is 6.13. The number of benzene rings is 1. The number of likely N-dealkylation sites (tertiary alicyclic amines) is 1. The summed E-state index contributed by atoms with van der Waals surface area (Å²) in [4.78, 5) is 49.2. The zero-order valence-corrected chi connectivity index (χ0v) is 25.5. The van der Waals surface area contributed by atoms with Gasteiger partial charge in [-0.15, -0.1) is 0 Å². The molecule has 43 heavy (non-hydrogen) atoms. The van der Waals surface area contributed by atoms with Crippen LogP contribution in [0.4, 0.5) is 5.95 Å². The van der Waals surface area contributed by atoms with Gasteiger partial charge in [0.05, 0.1) is 55.1 Å². The molecule has 4 heterocycles. The van der Waals surface area contributed by atoms with Crippen molar-refractivity contribution in [3.05, 3.63) is 51.4 Å². The first-order chi connectivity index (χ1) is 20.6. The van der Waals surface area contributed by atoms with Crippen LogP contribution in [-0.4, -0.2) is 83.9 Å². The van der Waals surface area contributed by atoms with Crippen molar-refractivity contribution in [3.63, 3.8) is 0 Å². The highest BCUT2D eigenvalue weighted by atomic mass is 35.5. The molecule has 2 fully saturated rings. The summed E-state index contributed by atoms with van der Waals surface area (Å²) in [6.45, 7) is 7.10. The van der Waals surface area contributed by atoms with Gasteiger partial charge in [-0.3, -0.25) is 19.0 Å². The van der Waals surface area contributed by atoms with Gasteiger partial charge in [0.25, 0.3) is 5.56 Å². The Hall–Kier alpha value is -3.87. The second kappa shape index (κ2) is 12.8.